The number of nitrogens with one attached hydrogen (secondary N) is 2. The van der Waals surface area contributed by atoms with Crippen LogP contribution in [0.3, 0.4) is 0 Å². The molecule has 0 aliphatic rings. The molecule has 4 N–H and O–H groups in total. The van der Waals surface area contributed by atoms with Crippen LogP contribution in [-0.2, 0) is 9.47 Å². The van der Waals surface area contributed by atoms with E-state index < -0.39 is 12.0 Å². The Hall–Kier alpha value is -3.74. The van der Waals surface area contributed by atoms with Crippen molar-refractivity contribution in [2.75, 3.05) is 31.6 Å². The largest absolute Gasteiger partial charge is 0.573 e. The maximum atomic E-state index is 12.9. The summed E-state index contributed by atoms with van der Waals surface area (Å²) in [6.45, 7) is 9.90. The minimum Gasteiger partial charge on any atom is -0.406 e. The number of benzene rings is 2. The first-order chi connectivity index (χ1) is 19.8. The Labute approximate surface area is 244 Å². The highest BCUT2D eigenvalue weighted by Crippen LogP contribution is 2.26. The van der Waals surface area contributed by atoms with Gasteiger partial charge >= 0.3 is 6.36 Å². The van der Waals surface area contributed by atoms with E-state index in [9.17, 15) is 18.0 Å². The third-order valence-corrected chi connectivity index (χ3v) is 6.27. The van der Waals surface area contributed by atoms with Gasteiger partial charge in [-0.2, -0.15) is 0 Å². The van der Waals surface area contributed by atoms with Crippen molar-refractivity contribution in [3.63, 3.8) is 0 Å². The number of alkyl halides is 3. The van der Waals surface area contributed by atoms with Gasteiger partial charge in [0.25, 0.3) is 5.91 Å². The van der Waals surface area contributed by atoms with Gasteiger partial charge in [0.15, 0.2) is 0 Å². The number of aromatic nitrogens is 2. The summed E-state index contributed by atoms with van der Waals surface area (Å²) in [5.74, 6) is -0.121. The van der Waals surface area contributed by atoms with Crippen molar-refractivity contribution < 1.29 is 32.2 Å². The summed E-state index contributed by atoms with van der Waals surface area (Å²) in [5, 5.41) is 5.97. The zero-order valence-corrected chi connectivity index (χ0v) is 24.3. The van der Waals surface area contributed by atoms with Crippen molar-refractivity contribution in [3.05, 3.63) is 66.5 Å². The fraction of sp³-hybridized carbons (Fsp3) is 0.433. The predicted octanol–water partition coefficient (Wildman–Crippen LogP) is 5.84. The third-order valence-electron chi connectivity index (χ3n) is 6.27. The van der Waals surface area contributed by atoms with Crippen molar-refractivity contribution in [1.29, 1.82) is 0 Å². The molecule has 0 saturated heterocycles. The van der Waals surface area contributed by atoms with Gasteiger partial charge in [-0.1, -0.05) is 12.1 Å². The molecule has 0 radical (unpaired) electrons. The fourth-order valence-corrected chi connectivity index (χ4v) is 3.92. The lowest BCUT2D eigenvalue weighted by Gasteiger charge is -2.29. The number of nitrogens with zero attached hydrogens (tertiary/aromatic N) is 2. The molecule has 12 heteroatoms. The van der Waals surface area contributed by atoms with Crippen LogP contribution in [0.25, 0.3) is 11.3 Å². The van der Waals surface area contributed by atoms with Crippen LogP contribution < -0.4 is 21.1 Å². The summed E-state index contributed by atoms with van der Waals surface area (Å²) < 4.78 is 52.9. The fourth-order valence-electron chi connectivity index (χ4n) is 3.92. The molecule has 1 amide bonds. The summed E-state index contributed by atoms with van der Waals surface area (Å²) in [6, 6.07) is 14.0. The monoisotopic (exact) mass is 589 g/mol. The lowest BCUT2D eigenvalue weighted by atomic mass is 10.0. The molecule has 3 aromatic rings. The van der Waals surface area contributed by atoms with Gasteiger partial charge in [0.05, 0.1) is 30.1 Å². The van der Waals surface area contributed by atoms with Crippen LogP contribution in [0.15, 0.2) is 60.9 Å². The van der Waals surface area contributed by atoms with Gasteiger partial charge in [-0.15, -0.1) is 13.2 Å². The van der Waals surface area contributed by atoms with E-state index in [1.807, 2.05) is 33.8 Å². The number of rotatable bonds is 15. The number of halogens is 3. The average Bonchev–Trinajstić information content (AvgIpc) is 2.92. The zero-order chi connectivity index (χ0) is 30.8. The second-order valence-corrected chi connectivity index (χ2v) is 10.8. The van der Waals surface area contributed by atoms with Crippen molar-refractivity contribution in [2.45, 2.75) is 58.1 Å². The molecule has 0 atom stereocenters. The van der Waals surface area contributed by atoms with Crippen LogP contribution in [0.2, 0.25) is 0 Å². The molecule has 3 rings (SSSR count). The molecule has 2 aromatic carbocycles. The number of amides is 1. The first-order valence-electron chi connectivity index (χ1n) is 13.6. The lowest BCUT2D eigenvalue weighted by Crippen LogP contribution is -2.35. The van der Waals surface area contributed by atoms with Gasteiger partial charge in [-0.05, 0) is 76.9 Å². The summed E-state index contributed by atoms with van der Waals surface area (Å²) in [4.78, 5) is 21.4. The number of nitrogens with two attached hydrogens (primary N) is 1. The van der Waals surface area contributed by atoms with Crippen LogP contribution >= 0.6 is 0 Å². The molecule has 0 saturated carbocycles. The van der Waals surface area contributed by atoms with Gasteiger partial charge in [0.1, 0.15) is 17.9 Å². The van der Waals surface area contributed by atoms with E-state index >= 15 is 0 Å². The molecule has 0 spiro atoms. The Morgan fingerprint density at radius 1 is 0.905 bits per heavy atom. The zero-order valence-electron chi connectivity index (χ0n) is 24.3. The highest BCUT2D eigenvalue weighted by atomic mass is 19.4. The van der Waals surface area contributed by atoms with E-state index in [0.29, 0.717) is 61.1 Å². The number of hydrogen-bond donors (Lipinski definition) is 3. The Morgan fingerprint density at radius 3 is 2.29 bits per heavy atom. The lowest BCUT2D eigenvalue weighted by molar-refractivity contribution is -0.274. The summed E-state index contributed by atoms with van der Waals surface area (Å²) >= 11 is 0. The van der Waals surface area contributed by atoms with Crippen LogP contribution in [-0.4, -0.2) is 59.7 Å². The first kappa shape index (κ1) is 32.8. The minimum atomic E-state index is -4.76. The van der Waals surface area contributed by atoms with Crippen molar-refractivity contribution in [2.24, 2.45) is 5.73 Å². The van der Waals surface area contributed by atoms with Crippen molar-refractivity contribution in [3.8, 4) is 17.0 Å². The smallest absolute Gasteiger partial charge is 0.406 e. The second kappa shape index (κ2) is 14.4. The maximum absolute atomic E-state index is 12.9. The molecule has 0 bridgehead atoms. The van der Waals surface area contributed by atoms with Crippen LogP contribution in [0, 0.1) is 0 Å². The normalized spacial score (nSPS) is 12.2. The Morgan fingerprint density at radius 2 is 1.60 bits per heavy atom. The standard InChI is InChI=1S/C30H38F3N5O4/c1-28(2,40-16-13-29(3,4)41-17-14-34)12-15-35-27(39)22-7-5-6-21(18-22)25-19-26(37-20-36-25)38-23-8-10-24(11-9-23)42-30(31,32)33/h5-11,18-20H,12-17,34H2,1-4H3,(H,35,39)(H,36,37,38). The van der Waals surface area contributed by atoms with Gasteiger partial charge in [0, 0.05) is 36.0 Å². The second-order valence-electron chi connectivity index (χ2n) is 10.8. The van der Waals surface area contributed by atoms with Crippen molar-refractivity contribution >= 4 is 17.4 Å². The molecule has 0 aliphatic carbocycles. The van der Waals surface area contributed by atoms with E-state index in [1.165, 1.54) is 30.6 Å². The van der Waals surface area contributed by atoms with Gasteiger partial charge in [-0.25, -0.2) is 9.97 Å². The highest BCUT2D eigenvalue weighted by Gasteiger charge is 2.31. The topological polar surface area (TPSA) is 121 Å². The summed E-state index contributed by atoms with van der Waals surface area (Å²) in [6.07, 6.45) is -2.06. The summed E-state index contributed by atoms with van der Waals surface area (Å²) in [5.41, 5.74) is 7.00. The predicted molar refractivity (Wildman–Crippen MR) is 155 cm³/mol. The number of carbonyl (C=O) groups is 1. The van der Waals surface area contributed by atoms with Crippen LogP contribution in [0.1, 0.15) is 50.9 Å². The molecule has 42 heavy (non-hydrogen) atoms. The Balaban J connectivity index is 1.54. The van der Waals surface area contributed by atoms with Crippen LogP contribution in [0.5, 0.6) is 5.75 Å². The Bertz CT molecular complexity index is 1300. The number of hydrogen-bond acceptors (Lipinski definition) is 8. The van der Waals surface area contributed by atoms with E-state index in [2.05, 4.69) is 25.3 Å². The highest BCUT2D eigenvalue weighted by molar-refractivity contribution is 5.95. The van der Waals surface area contributed by atoms with Crippen LogP contribution in [0.4, 0.5) is 24.7 Å². The quantitative estimate of drug-likeness (QED) is 0.202. The number of carbonyl (C=O) groups excluding carboxylic acids is 1. The molecule has 0 unspecified atom stereocenters. The molecular weight excluding hydrogens is 551 g/mol. The third kappa shape index (κ3) is 11.3. The molecule has 1 heterocycles. The molecule has 9 nitrogen and oxygen atoms in total. The molecule has 0 fully saturated rings. The van der Waals surface area contributed by atoms with E-state index in [-0.39, 0.29) is 17.3 Å². The van der Waals surface area contributed by atoms with E-state index in [1.54, 1.807) is 24.3 Å². The van der Waals surface area contributed by atoms with E-state index in [4.69, 9.17) is 15.2 Å². The SMILES string of the molecule is CC(C)(CCNC(=O)c1cccc(-c2cc(Nc3ccc(OC(F)(F)F)cc3)ncn2)c1)OCCC(C)(C)OCCN. The van der Waals surface area contributed by atoms with Gasteiger partial charge < -0.3 is 30.6 Å². The minimum absolute atomic E-state index is 0.225. The molecular formula is C30H38F3N5O4. The molecule has 0 aliphatic heterocycles. The average molecular weight is 590 g/mol. The van der Waals surface area contributed by atoms with Gasteiger partial charge in [-0.3, -0.25) is 4.79 Å². The van der Waals surface area contributed by atoms with E-state index in [0.717, 1.165) is 6.42 Å². The first-order valence-corrected chi connectivity index (χ1v) is 13.6. The van der Waals surface area contributed by atoms with Crippen molar-refractivity contribution in [1.82, 2.24) is 15.3 Å². The molecule has 228 valence electrons. The Kier molecular flexibility index (Phi) is 11.3. The van der Waals surface area contributed by atoms with Gasteiger partial charge in [0.2, 0.25) is 0 Å². The number of anilines is 2. The maximum Gasteiger partial charge on any atom is 0.573 e. The molecule has 1 aromatic heterocycles. The number of ether oxygens (including phenoxy) is 3. The summed E-state index contributed by atoms with van der Waals surface area (Å²) in [7, 11) is 0.